The third-order valence-electron chi connectivity index (χ3n) is 3.96. The summed E-state index contributed by atoms with van der Waals surface area (Å²) in [5.74, 6) is 0.615. The third kappa shape index (κ3) is 5.33. The Hall–Kier alpha value is -0.990. The van der Waals surface area contributed by atoms with Gasteiger partial charge >= 0.3 is 0 Å². The van der Waals surface area contributed by atoms with Crippen molar-refractivity contribution in [2.75, 3.05) is 0 Å². The zero-order chi connectivity index (χ0) is 15.9. The molecular formula is C18H22Cl2O2. The second-order valence-electron chi connectivity index (χ2n) is 5.76. The highest BCUT2D eigenvalue weighted by atomic mass is 35.5. The van der Waals surface area contributed by atoms with Crippen LogP contribution in [-0.4, -0.2) is 11.9 Å². The molecule has 1 aromatic carbocycles. The number of Topliss-reactive ketones (excluding diaryl/α,β-unsaturated/α-hetero) is 1. The minimum Gasteiger partial charge on any atom is -0.481 e. The standard InChI is InChI=1S/C18H22Cl2O2/c1-13(22-18-11-10-15(19)12-16(18)20)17(21)9-5-8-14-6-3-2-4-7-14/h6,10-13H,2-5,7-9H2,1H3. The topological polar surface area (TPSA) is 26.3 Å². The first kappa shape index (κ1) is 17.4. The van der Waals surface area contributed by atoms with E-state index in [1.165, 1.54) is 31.3 Å². The molecule has 2 rings (SSSR count). The summed E-state index contributed by atoms with van der Waals surface area (Å²) in [7, 11) is 0. The van der Waals surface area contributed by atoms with Gasteiger partial charge in [0.2, 0.25) is 0 Å². The van der Waals surface area contributed by atoms with Crippen LogP contribution in [0, 0.1) is 0 Å². The lowest BCUT2D eigenvalue weighted by molar-refractivity contribution is -0.125. The average molecular weight is 341 g/mol. The molecule has 0 bridgehead atoms. The predicted octanol–water partition coefficient (Wildman–Crippen LogP) is 6.00. The Balaban J connectivity index is 1.78. The number of allylic oxidation sites excluding steroid dienone is 2. The van der Waals surface area contributed by atoms with E-state index in [1.807, 2.05) is 0 Å². The summed E-state index contributed by atoms with van der Waals surface area (Å²) < 4.78 is 5.65. The van der Waals surface area contributed by atoms with Gasteiger partial charge in [-0.3, -0.25) is 4.79 Å². The normalized spacial score (nSPS) is 16.0. The van der Waals surface area contributed by atoms with Gasteiger partial charge in [-0.2, -0.15) is 0 Å². The lowest BCUT2D eigenvalue weighted by Gasteiger charge is -2.16. The number of carbonyl (C=O) groups is 1. The van der Waals surface area contributed by atoms with E-state index >= 15 is 0 Å². The molecule has 2 nitrogen and oxygen atoms in total. The fourth-order valence-corrected chi connectivity index (χ4v) is 3.10. The first-order valence-corrected chi connectivity index (χ1v) is 8.64. The monoisotopic (exact) mass is 340 g/mol. The molecule has 0 spiro atoms. The lowest BCUT2D eigenvalue weighted by atomic mass is 9.95. The fraction of sp³-hybridized carbons (Fsp3) is 0.500. The maximum absolute atomic E-state index is 12.2. The van der Waals surface area contributed by atoms with Crippen molar-refractivity contribution in [2.45, 2.75) is 58.0 Å². The van der Waals surface area contributed by atoms with Crippen molar-refractivity contribution in [3.63, 3.8) is 0 Å². The van der Waals surface area contributed by atoms with Crippen LogP contribution < -0.4 is 4.74 Å². The highest BCUT2D eigenvalue weighted by Gasteiger charge is 2.16. The van der Waals surface area contributed by atoms with E-state index in [0.717, 1.165) is 12.8 Å². The second-order valence-corrected chi connectivity index (χ2v) is 6.61. The summed E-state index contributed by atoms with van der Waals surface area (Å²) in [5.41, 5.74) is 1.51. The first-order valence-electron chi connectivity index (χ1n) is 7.88. The Morgan fingerprint density at radius 3 is 2.82 bits per heavy atom. The largest absolute Gasteiger partial charge is 0.481 e. The van der Waals surface area contributed by atoms with Crippen molar-refractivity contribution in [1.29, 1.82) is 0 Å². The molecule has 0 amide bonds. The van der Waals surface area contributed by atoms with Gasteiger partial charge < -0.3 is 4.74 Å². The summed E-state index contributed by atoms with van der Waals surface area (Å²) in [6.45, 7) is 1.77. The molecule has 0 saturated carbocycles. The van der Waals surface area contributed by atoms with Crippen molar-refractivity contribution in [3.05, 3.63) is 39.9 Å². The lowest BCUT2D eigenvalue weighted by Crippen LogP contribution is -2.23. The van der Waals surface area contributed by atoms with Crippen LogP contribution in [0.5, 0.6) is 5.75 Å². The Morgan fingerprint density at radius 2 is 2.14 bits per heavy atom. The van der Waals surface area contributed by atoms with Crippen LogP contribution in [0.3, 0.4) is 0 Å². The number of hydrogen-bond acceptors (Lipinski definition) is 2. The van der Waals surface area contributed by atoms with E-state index in [1.54, 1.807) is 25.1 Å². The molecule has 1 unspecified atom stereocenters. The molecule has 0 heterocycles. The zero-order valence-corrected chi connectivity index (χ0v) is 14.4. The highest BCUT2D eigenvalue weighted by Crippen LogP contribution is 2.28. The number of rotatable bonds is 7. The molecule has 0 radical (unpaired) electrons. The number of ketones is 1. The van der Waals surface area contributed by atoms with Gasteiger partial charge in [0, 0.05) is 11.4 Å². The van der Waals surface area contributed by atoms with Crippen molar-refractivity contribution in [3.8, 4) is 5.75 Å². The van der Waals surface area contributed by atoms with Crippen LogP contribution in [0.25, 0.3) is 0 Å². The first-order chi connectivity index (χ1) is 10.6. The van der Waals surface area contributed by atoms with E-state index in [9.17, 15) is 4.79 Å². The molecule has 120 valence electrons. The summed E-state index contributed by atoms with van der Waals surface area (Å²) in [4.78, 5) is 12.2. The smallest absolute Gasteiger partial charge is 0.173 e. The number of carbonyl (C=O) groups excluding carboxylic acids is 1. The summed E-state index contributed by atoms with van der Waals surface area (Å²) >= 11 is 11.9. The Labute approximate surface area is 142 Å². The van der Waals surface area contributed by atoms with Gasteiger partial charge in [-0.1, -0.05) is 34.9 Å². The fourth-order valence-electron chi connectivity index (χ4n) is 2.65. The van der Waals surface area contributed by atoms with E-state index in [0.29, 0.717) is 22.2 Å². The number of hydrogen-bond donors (Lipinski definition) is 0. The van der Waals surface area contributed by atoms with Gasteiger partial charge in [0.05, 0.1) is 5.02 Å². The van der Waals surface area contributed by atoms with Crippen molar-refractivity contribution >= 4 is 29.0 Å². The molecule has 1 atom stereocenters. The van der Waals surface area contributed by atoms with Gasteiger partial charge in [-0.25, -0.2) is 0 Å². The molecule has 4 heteroatoms. The Morgan fingerprint density at radius 1 is 1.32 bits per heavy atom. The van der Waals surface area contributed by atoms with Gasteiger partial charge in [-0.15, -0.1) is 0 Å². The molecule has 22 heavy (non-hydrogen) atoms. The molecule has 0 N–H and O–H groups in total. The SMILES string of the molecule is CC(Oc1ccc(Cl)cc1Cl)C(=O)CCCC1=CCCCC1. The minimum absolute atomic E-state index is 0.113. The minimum atomic E-state index is -0.487. The van der Waals surface area contributed by atoms with Gasteiger partial charge in [0.1, 0.15) is 5.75 Å². The summed E-state index contributed by atoms with van der Waals surface area (Å²) in [5, 5.41) is 0.983. The van der Waals surface area contributed by atoms with E-state index in [4.69, 9.17) is 27.9 Å². The number of ether oxygens (including phenoxy) is 1. The van der Waals surface area contributed by atoms with Crippen molar-refractivity contribution < 1.29 is 9.53 Å². The highest BCUT2D eigenvalue weighted by molar-refractivity contribution is 6.35. The molecule has 0 saturated heterocycles. The van der Waals surface area contributed by atoms with Crippen LogP contribution in [0.2, 0.25) is 10.0 Å². The average Bonchev–Trinajstić information content (AvgIpc) is 2.51. The molecule has 0 fully saturated rings. The van der Waals surface area contributed by atoms with Crippen molar-refractivity contribution in [2.24, 2.45) is 0 Å². The van der Waals surface area contributed by atoms with E-state index < -0.39 is 6.10 Å². The maximum Gasteiger partial charge on any atom is 0.173 e. The summed E-state index contributed by atoms with van der Waals surface area (Å²) in [6, 6.07) is 5.02. The second kappa shape index (κ2) is 8.59. The predicted molar refractivity (Wildman–Crippen MR) is 92.0 cm³/mol. The van der Waals surface area contributed by atoms with E-state index in [-0.39, 0.29) is 5.78 Å². The van der Waals surface area contributed by atoms with Gasteiger partial charge in [0.25, 0.3) is 0 Å². The summed E-state index contributed by atoms with van der Waals surface area (Å²) in [6.07, 6.45) is 9.29. The molecule has 1 aliphatic carbocycles. The van der Waals surface area contributed by atoms with Gasteiger partial charge in [-0.05, 0) is 63.6 Å². The zero-order valence-electron chi connectivity index (χ0n) is 12.9. The van der Waals surface area contributed by atoms with Gasteiger partial charge in [0.15, 0.2) is 11.9 Å². The van der Waals surface area contributed by atoms with Crippen molar-refractivity contribution in [1.82, 2.24) is 0 Å². The van der Waals surface area contributed by atoms with Crippen LogP contribution in [0.1, 0.15) is 51.9 Å². The quantitative estimate of drug-likeness (QED) is 0.569. The molecule has 0 aliphatic heterocycles. The Bertz CT molecular complexity index is 552. The maximum atomic E-state index is 12.2. The molecule has 0 aromatic heterocycles. The van der Waals surface area contributed by atoms with Crippen LogP contribution in [0.15, 0.2) is 29.8 Å². The van der Waals surface area contributed by atoms with Crippen LogP contribution in [0.4, 0.5) is 0 Å². The molecule has 1 aliphatic rings. The molecule has 1 aromatic rings. The van der Waals surface area contributed by atoms with E-state index in [2.05, 4.69) is 6.08 Å². The Kier molecular flexibility index (Phi) is 6.78. The number of halogens is 2. The number of benzene rings is 1. The van der Waals surface area contributed by atoms with Crippen LogP contribution in [-0.2, 0) is 4.79 Å². The third-order valence-corrected chi connectivity index (χ3v) is 4.49. The van der Waals surface area contributed by atoms with Crippen LogP contribution >= 0.6 is 23.2 Å². The molecular weight excluding hydrogens is 319 g/mol.